The van der Waals surface area contributed by atoms with Gasteiger partial charge in [0.1, 0.15) is 0 Å². The van der Waals surface area contributed by atoms with Crippen LogP contribution in [0, 0.1) is 0 Å². The van der Waals surface area contributed by atoms with E-state index < -0.39 is 0 Å². The SMILES string of the molecule is Nc1ccc2c3cccc4cccc(c5c(N)ccc1c25)c43. The molecule has 0 aliphatic rings. The van der Waals surface area contributed by atoms with E-state index in [0.29, 0.717) is 0 Å². The van der Waals surface area contributed by atoms with Crippen LogP contribution in [-0.4, -0.2) is 0 Å². The van der Waals surface area contributed by atoms with Gasteiger partial charge in [-0.1, -0.05) is 48.5 Å². The third-order valence-electron chi connectivity index (χ3n) is 4.71. The Balaban J connectivity index is 2.31. The van der Waals surface area contributed by atoms with E-state index in [1.54, 1.807) is 0 Å². The molecule has 5 aromatic rings. The Morgan fingerprint density at radius 1 is 0.455 bits per heavy atom. The molecule has 22 heavy (non-hydrogen) atoms. The van der Waals surface area contributed by atoms with Crippen molar-refractivity contribution in [2.24, 2.45) is 0 Å². The summed E-state index contributed by atoms with van der Waals surface area (Å²) in [7, 11) is 0. The summed E-state index contributed by atoms with van der Waals surface area (Å²) in [4.78, 5) is 0. The first-order valence-corrected chi connectivity index (χ1v) is 7.39. The van der Waals surface area contributed by atoms with Gasteiger partial charge in [0.2, 0.25) is 0 Å². The van der Waals surface area contributed by atoms with Crippen molar-refractivity contribution in [3.63, 3.8) is 0 Å². The molecule has 0 aliphatic heterocycles. The number of nitrogens with two attached hydrogens (primary N) is 2. The molecule has 0 fully saturated rings. The first kappa shape index (κ1) is 11.6. The molecule has 4 N–H and O–H groups in total. The number of fused-ring (bicyclic) bond motifs is 2. The fourth-order valence-corrected chi connectivity index (χ4v) is 3.77. The summed E-state index contributed by atoms with van der Waals surface area (Å²) in [6.07, 6.45) is 0. The van der Waals surface area contributed by atoms with Crippen LogP contribution in [0.3, 0.4) is 0 Å². The standard InChI is InChI=1S/C20H14N2/c21-16-9-7-13-12-5-1-3-11-4-2-6-15(18(11)12)20-17(22)10-8-14(16)19(13)20/h1-10H,21-22H2. The average Bonchev–Trinajstić information content (AvgIpc) is 2.54. The van der Waals surface area contributed by atoms with Gasteiger partial charge in [0.05, 0.1) is 0 Å². The van der Waals surface area contributed by atoms with Crippen LogP contribution in [0.1, 0.15) is 0 Å². The fourth-order valence-electron chi connectivity index (χ4n) is 3.77. The van der Waals surface area contributed by atoms with Crippen molar-refractivity contribution in [1.82, 2.24) is 0 Å². The third-order valence-corrected chi connectivity index (χ3v) is 4.71. The van der Waals surface area contributed by atoms with Crippen LogP contribution in [0.15, 0.2) is 60.7 Å². The zero-order valence-electron chi connectivity index (χ0n) is 11.9. The van der Waals surface area contributed by atoms with E-state index >= 15 is 0 Å². The molecule has 104 valence electrons. The molecule has 0 heterocycles. The van der Waals surface area contributed by atoms with Crippen LogP contribution >= 0.6 is 0 Å². The summed E-state index contributed by atoms with van der Waals surface area (Å²) < 4.78 is 0. The van der Waals surface area contributed by atoms with Crippen molar-refractivity contribution in [2.75, 3.05) is 11.5 Å². The molecule has 0 unspecified atom stereocenters. The number of benzene rings is 5. The predicted molar refractivity (Wildman–Crippen MR) is 96.5 cm³/mol. The smallest absolute Gasteiger partial charge is 0.0400 e. The minimum Gasteiger partial charge on any atom is -0.398 e. The van der Waals surface area contributed by atoms with Crippen molar-refractivity contribution in [3.05, 3.63) is 60.7 Å². The molecule has 2 nitrogen and oxygen atoms in total. The lowest BCUT2D eigenvalue weighted by molar-refractivity contribution is 1.75. The zero-order chi connectivity index (χ0) is 14.8. The van der Waals surface area contributed by atoms with Gasteiger partial charge in [-0.15, -0.1) is 0 Å². The zero-order valence-corrected chi connectivity index (χ0v) is 11.9. The van der Waals surface area contributed by atoms with E-state index in [2.05, 4.69) is 42.5 Å². The van der Waals surface area contributed by atoms with Gasteiger partial charge in [0.15, 0.2) is 0 Å². The van der Waals surface area contributed by atoms with Gasteiger partial charge in [-0.05, 0) is 39.1 Å². The third kappa shape index (κ3) is 1.25. The number of anilines is 2. The molecule has 5 rings (SSSR count). The van der Waals surface area contributed by atoms with Crippen LogP contribution in [0.25, 0.3) is 43.1 Å². The minimum absolute atomic E-state index is 0.798. The molecule has 0 bridgehead atoms. The second-order valence-electron chi connectivity index (χ2n) is 5.86. The first-order valence-electron chi connectivity index (χ1n) is 7.39. The van der Waals surface area contributed by atoms with Crippen molar-refractivity contribution in [3.8, 4) is 0 Å². The maximum atomic E-state index is 6.34. The fraction of sp³-hybridized carbons (Fsp3) is 0. The molecule has 0 aromatic heterocycles. The van der Waals surface area contributed by atoms with E-state index in [1.807, 2.05) is 18.2 Å². The molecule has 0 aliphatic carbocycles. The second kappa shape index (κ2) is 3.80. The maximum absolute atomic E-state index is 6.34. The van der Waals surface area contributed by atoms with Crippen LogP contribution in [0.2, 0.25) is 0 Å². The van der Waals surface area contributed by atoms with Gasteiger partial charge in [-0.2, -0.15) is 0 Å². The van der Waals surface area contributed by atoms with Crippen LogP contribution in [0.5, 0.6) is 0 Å². The van der Waals surface area contributed by atoms with Gasteiger partial charge in [-0.25, -0.2) is 0 Å². The lowest BCUT2D eigenvalue weighted by Gasteiger charge is -2.16. The summed E-state index contributed by atoms with van der Waals surface area (Å²) in [5.74, 6) is 0. The van der Waals surface area contributed by atoms with Crippen LogP contribution in [0.4, 0.5) is 11.4 Å². The maximum Gasteiger partial charge on any atom is 0.0400 e. The lowest BCUT2D eigenvalue weighted by atomic mass is 9.89. The number of nitrogen functional groups attached to an aromatic ring is 2. The van der Waals surface area contributed by atoms with Crippen LogP contribution < -0.4 is 11.5 Å². The summed E-state index contributed by atoms with van der Waals surface area (Å²) in [6, 6.07) is 21.0. The first-order chi connectivity index (χ1) is 10.8. The Morgan fingerprint density at radius 2 is 1.09 bits per heavy atom. The van der Waals surface area contributed by atoms with Gasteiger partial charge in [0.25, 0.3) is 0 Å². The molecular formula is C20H14N2. The quantitative estimate of drug-likeness (QED) is 0.241. The van der Waals surface area contributed by atoms with E-state index in [0.717, 1.165) is 22.1 Å². The van der Waals surface area contributed by atoms with Gasteiger partial charge >= 0.3 is 0 Å². The molecular weight excluding hydrogens is 268 g/mol. The minimum atomic E-state index is 0.798. The largest absolute Gasteiger partial charge is 0.398 e. The second-order valence-corrected chi connectivity index (χ2v) is 5.86. The highest BCUT2D eigenvalue weighted by Gasteiger charge is 2.15. The average molecular weight is 282 g/mol. The van der Waals surface area contributed by atoms with E-state index in [-0.39, 0.29) is 0 Å². The number of hydrogen-bond donors (Lipinski definition) is 2. The molecule has 0 atom stereocenters. The van der Waals surface area contributed by atoms with Gasteiger partial charge in [0, 0.05) is 27.5 Å². The number of hydrogen-bond acceptors (Lipinski definition) is 2. The van der Waals surface area contributed by atoms with Crippen molar-refractivity contribution < 1.29 is 0 Å². The topological polar surface area (TPSA) is 52.0 Å². The Labute approximate surface area is 127 Å². The van der Waals surface area contributed by atoms with E-state index in [9.17, 15) is 0 Å². The Kier molecular flexibility index (Phi) is 2.01. The molecule has 5 aromatic carbocycles. The highest BCUT2D eigenvalue weighted by molar-refractivity contribution is 6.35. The van der Waals surface area contributed by atoms with Crippen molar-refractivity contribution in [2.45, 2.75) is 0 Å². The molecule has 0 radical (unpaired) electrons. The van der Waals surface area contributed by atoms with Gasteiger partial charge < -0.3 is 11.5 Å². The predicted octanol–water partition coefficient (Wildman–Crippen LogP) is 4.90. The summed E-state index contributed by atoms with van der Waals surface area (Å²) in [6.45, 7) is 0. The molecule has 0 amide bonds. The van der Waals surface area contributed by atoms with E-state index in [1.165, 1.54) is 32.3 Å². The normalized spacial score (nSPS) is 12.0. The highest BCUT2D eigenvalue weighted by Crippen LogP contribution is 2.43. The summed E-state index contributed by atoms with van der Waals surface area (Å²) in [5, 5.41) is 9.57. The van der Waals surface area contributed by atoms with Crippen LogP contribution in [-0.2, 0) is 0 Å². The Hall–Kier alpha value is -3.00. The lowest BCUT2D eigenvalue weighted by Crippen LogP contribution is -1.94. The molecule has 0 saturated carbocycles. The molecule has 0 saturated heterocycles. The van der Waals surface area contributed by atoms with Crippen molar-refractivity contribution in [1.29, 1.82) is 0 Å². The Bertz CT molecular complexity index is 1180. The Morgan fingerprint density at radius 3 is 1.91 bits per heavy atom. The van der Waals surface area contributed by atoms with Gasteiger partial charge in [-0.3, -0.25) is 0 Å². The molecule has 0 spiro atoms. The number of rotatable bonds is 0. The summed E-state index contributed by atoms with van der Waals surface area (Å²) in [5.41, 5.74) is 14.1. The monoisotopic (exact) mass is 282 g/mol. The van der Waals surface area contributed by atoms with Crippen molar-refractivity contribution >= 4 is 54.5 Å². The summed E-state index contributed by atoms with van der Waals surface area (Å²) >= 11 is 0. The highest BCUT2D eigenvalue weighted by atomic mass is 14.6. The molecule has 2 heteroatoms. The van der Waals surface area contributed by atoms with E-state index in [4.69, 9.17) is 11.5 Å².